The molecule has 7 nitrogen and oxygen atoms in total. The number of hydrogen-bond donors (Lipinski definition) is 0. The van der Waals surface area contributed by atoms with Crippen molar-refractivity contribution in [2.45, 2.75) is 12.8 Å². The number of carbonyl (C=O) groups is 1. The molecule has 1 aliphatic heterocycles. The van der Waals surface area contributed by atoms with Crippen LogP contribution in [0, 0.1) is 11.3 Å². The lowest BCUT2D eigenvalue weighted by Crippen LogP contribution is -2.48. The van der Waals surface area contributed by atoms with E-state index < -0.39 is 0 Å². The van der Waals surface area contributed by atoms with Crippen molar-refractivity contribution in [2.24, 2.45) is 0 Å². The van der Waals surface area contributed by atoms with E-state index in [1.807, 2.05) is 23.1 Å². The van der Waals surface area contributed by atoms with Gasteiger partial charge in [-0.25, -0.2) is 0 Å². The number of methoxy groups -OCH3 is 1. The van der Waals surface area contributed by atoms with Crippen molar-refractivity contribution in [3.63, 3.8) is 0 Å². The predicted octanol–water partition coefficient (Wildman–Crippen LogP) is 1.84. The molecule has 7 heteroatoms. The fraction of sp³-hybridized carbons (Fsp3) is 0.389. The normalized spacial score (nSPS) is 14.2. The van der Waals surface area contributed by atoms with E-state index in [4.69, 9.17) is 14.5 Å². The zero-order valence-electron chi connectivity index (χ0n) is 14.1. The van der Waals surface area contributed by atoms with Crippen LogP contribution in [0.3, 0.4) is 0 Å². The molecule has 1 fully saturated rings. The quantitative estimate of drug-likeness (QED) is 0.826. The summed E-state index contributed by atoms with van der Waals surface area (Å²) in [6.07, 6.45) is 0.905. The van der Waals surface area contributed by atoms with Gasteiger partial charge in [0.1, 0.15) is 5.76 Å². The second-order valence-corrected chi connectivity index (χ2v) is 5.87. The first kappa shape index (κ1) is 16.8. The zero-order chi connectivity index (χ0) is 17.6. The van der Waals surface area contributed by atoms with Gasteiger partial charge in [0.15, 0.2) is 0 Å². The third-order valence-corrected chi connectivity index (χ3v) is 4.30. The van der Waals surface area contributed by atoms with Gasteiger partial charge in [0.05, 0.1) is 18.7 Å². The third kappa shape index (κ3) is 4.10. The molecule has 1 saturated heterocycles. The number of nitrogens with zero attached hydrogens (tertiary/aromatic N) is 4. The molecule has 1 aromatic heterocycles. The zero-order valence-corrected chi connectivity index (χ0v) is 14.1. The first-order chi connectivity index (χ1) is 12.2. The highest BCUT2D eigenvalue weighted by atomic mass is 16.5. The summed E-state index contributed by atoms with van der Waals surface area (Å²) in [7, 11) is 1.53. The summed E-state index contributed by atoms with van der Waals surface area (Å²) < 4.78 is 10.1. The van der Waals surface area contributed by atoms with Crippen LogP contribution in [-0.2, 0) is 11.2 Å². The molecule has 25 heavy (non-hydrogen) atoms. The minimum absolute atomic E-state index is 0.112. The maximum absolute atomic E-state index is 12.4. The van der Waals surface area contributed by atoms with Gasteiger partial charge < -0.3 is 19.1 Å². The molecule has 1 aliphatic rings. The van der Waals surface area contributed by atoms with E-state index in [0.717, 1.165) is 18.8 Å². The molecule has 0 atom stereocenters. The summed E-state index contributed by atoms with van der Waals surface area (Å²) in [5.41, 5.74) is 1.68. The number of rotatable bonds is 5. The van der Waals surface area contributed by atoms with E-state index in [2.05, 4.69) is 16.1 Å². The molecule has 0 unspecified atom stereocenters. The molecule has 0 aliphatic carbocycles. The second-order valence-electron chi connectivity index (χ2n) is 5.87. The molecule has 2 heterocycles. The highest BCUT2D eigenvalue weighted by Crippen LogP contribution is 2.19. The molecule has 0 saturated carbocycles. The summed E-state index contributed by atoms with van der Waals surface area (Å²) in [6, 6.07) is 11.4. The molecular weight excluding hydrogens is 320 g/mol. The number of hydrogen-bond acceptors (Lipinski definition) is 6. The number of anilines is 1. The van der Waals surface area contributed by atoms with E-state index in [9.17, 15) is 4.79 Å². The SMILES string of the molecule is COc1cc(CCC(=O)N2CCN(c3cccc(C#N)c3)CC2)on1. The van der Waals surface area contributed by atoms with Gasteiger partial charge in [-0.05, 0) is 23.4 Å². The van der Waals surface area contributed by atoms with Gasteiger partial charge in [0.25, 0.3) is 5.88 Å². The molecule has 3 rings (SSSR count). The molecule has 0 spiro atoms. The van der Waals surface area contributed by atoms with Gasteiger partial charge in [-0.1, -0.05) is 6.07 Å². The van der Waals surface area contributed by atoms with Crippen LogP contribution < -0.4 is 9.64 Å². The summed E-state index contributed by atoms with van der Waals surface area (Å²) in [4.78, 5) is 16.4. The van der Waals surface area contributed by atoms with Gasteiger partial charge in [0, 0.05) is 50.8 Å². The third-order valence-electron chi connectivity index (χ3n) is 4.30. The standard InChI is InChI=1S/C18H20N4O3/c1-24-17-12-16(25-20-17)5-6-18(23)22-9-7-21(8-10-22)15-4-2-3-14(11-15)13-19/h2-4,11-12H,5-10H2,1H3. The number of amides is 1. The fourth-order valence-corrected chi connectivity index (χ4v) is 2.88. The maximum Gasteiger partial charge on any atom is 0.254 e. The lowest BCUT2D eigenvalue weighted by molar-refractivity contribution is -0.131. The topological polar surface area (TPSA) is 82.6 Å². The van der Waals surface area contributed by atoms with E-state index >= 15 is 0 Å². The number of benzene rings is 1. The van der Waals surface area contributed by atoms with Crippen LogP contribution in [0.25, 0.3) is 0 Å². The molecule has 2 aromatic rings. The van der Waals surface area contributed by atoms with Gasteiger partial charge >= 0.3 is 0 Å². The van der Waals surface area contributed by atoms with Crippen molar-refractivity contribution < 1.29 is 14.1 Å². The number of nitriles is 1. The van der Waals surface area contributed by atoms with Crippen molar-refractivity contribution in [1.29, 1.82) is 5.26 Å². The largest absolute Gasteiger partial charge is 0.479 e. The van der Waals surface area contributed by atoms with Gasteiger partial charge in [-0.2, -0.15) is 5.26 Å². The van der Waals surface area contributed by atoms with Crippen molar-refractivity contribution in [1.82, 2.24) is 10.1 Å². The Morgan fingerprint density at radius 2 is 2.12 bits per heavy atom. The van der Waals surface area contributed by atoms with Gasteiger partial charge in [-0.15, -0.1) is 0 Å². The molecule has 0 bridgehead atoms. The van der Waals surface area contributed by atoms with E-state index in [1.165, 1.54) is 7.11 Å². The average Bonchev–Trinajstić information content (AvgIpc) is 3.14. The second kappa shape index (κ2) is 7.71. The van der Waals surface area contributed by atoms with Gasteiger partial charge in [-0.3, -0.25) is 4.79 Å². The van der Waals surface area contributed by atoms with Crippen LogP contribution in [0.4, 0.5) is 5.69 Å². The summed E-state index contributed by atoms with van der Waals surface area (Å²) in [5.74, 6) is 1.19. The Kier molecular flexibility index (Phi) is 5.19. The Morgan fingerprint density at radius 3 is 2.80 bits per heavy atom. The van der Waals surface area contributed by atoms with Crippen LogP contribution in [-0.4, -0.2) is 49.3 Å². The minimum atomic E-state index is 0.112. The van der Waals surface area contributed by atoms with Crippen molar-refractivity contribution in [3.05, 3.63) is 41.7 Å². The molecule has 1 amide bonds. The lowest BCUT2D eigenvalue weighted by atomic mass is 10.1. The molecule has 0 radical (unpaired) electrons. The Morgan fingerprint density at radius 1 is 1.32 bits per heavy atom. The van der Waals surface area contributed by atoms with E-state index in [0.29, 0.717) is 43.1 Å². The Bertz CT molecular complexity index is 773. The van der Waals surface area contributed by atoms with Crippen molar-refractivity contribution in [3.8, 4) is 11.9 Å². The molecule has 0 N–H and O–H groups in total. The van der Waals surface area contributed by atoms with E-state index in [1.54, 1.807) is 12.1 Å². The number of aromatic nitrogens is 1. The van der Waals surface area contributed by atoms with Crippen LogP contribution >= 0.6 is 0 Å². The van der Waals surface area contributed by atoms with Gasteiger partial charge in [0.2, 0.25) is 5.91 Å². The molecule has 130 valence electrons. The Labute approximate surface area is 146 Å². The van der Waals surface area contributed by atoms with Crippen LogP contribution in [0.15, 0.2) is 34.9 Å². The Balaban J connectivity index is 1.49. The Hall–Kier alpha value is -3.01. The van der Waals surface area contributed by atoms with E-state index in [-0.39, 0.29) is 5.91 Å². The number of piperazine rings is 1. The fourth-order valence-electron chi connectivity index (χ4n) is 2.88. The summed E-state index contributed by atoms with van der Waals surface area (Å²) in [5, 5.41) is 12.7. The van der Waals surface area contributed by atoms with Crippen LogP contribution in [0.5, 0.6) is 5.88 Å². The van der Waals surface area contributed by atoms with Crippen LogP contribution in [0.2, 0.25) is 0 Å². The highest BCUT2D eigenvalue weighted by Gasteiger charge is 2.21. The molecular formula is C18H20N4O3. The highest BCUT2D eigenvalue weighted by molar-refractivity contribution is 5.76. The average molecular weight is 340 g/mol. The number of aryl methyl sites for hydroxylation is 1. The lowest BCUT2D eigenvalue weighted by Gasteiger charge is -2.36. The first-order valence-electron chi connectivity index (χ1n) is 8.22. The summed E-state index contributed by atoms with van der Waals surface area (Å²) >= 11 is 0. The van der Waals surface area contributed by atoms with Crippen molar-refractivity contribution >= 4 is 11.6 Å². The number of carbonyl (C=O) groups excluding carboxylic acids is 1. The smallest absolute Gasteiger partial charge is 0.254 e. The minimum Gasteiger partial charge on any atom is -0.479 e. The predicted molar refractivity (Wildman–Crippen MR) is 91.3 cm³/mol. The first-order valence-corrected chi connectivity index (χ1v) is 8.22. The molecule has 1 aromatic carbocycles. The van der Waals surface area contributed by atoms with Crippen LogP contribution in [0.1, 0.15) is 17.7 Å². The monoisotopic (exact) mass is 340 g/mol. The number of ether oxygens (including phenoxy) is 1. The maximum atomic E-state index is 12.4. The van der Waals surface area contributed by atoms with Crippen molar-refractivity contribution in [2.75, 3.05) is 38.2 Å². The summed E-state index contributed by atoms with van der Waals surface area (Å²) in [6.45, 7) is 2.87.